The largest absolute Gasteiger partial charge is 0.309 e. The lowest BCUT2D eigenvalue weighted by Gasteiger charge is -2.28. The van der Waals surface area contributed by atoms with Gasteiger partial charge in [0.25, 0.3) is 0 Å². The van der Waals surface area contributed by atoms with Crippen molar-refractivity contribution >= 4 is 60.4 Å². The molecule has 2 heteroatoms. The molecule has 46 heavy (non-hydrogen) atoms. The van der Waals surface area contributed by atoms with E-state index in [1.54, 1.807) is 0 Å². The summed E-state index contributed by atoms with van der Waals surface area (Å²) in [6.45, 7) is 0. The first kappa shape index (κ1) is 26.3. The third-order valence-electron chi connectivity index (χ3n) is 9.14. The number of anilines is 3. The SMILES string of the molecule is c1ccc(-c2cccc3c2c2c(N(c4ccccc4)c4cc5ccccc5c5ccccc45)cccc2n3-c2ccccc2)cc1. The molecule has 0 aliphatic rings. The Labute approximate surface area is 268 Å². The van der Waals surface area contributed by atoms with Gasteiger partial charge in [-0.1, -0.05) is 133 Å². The van der Waals surface area contributed by atoms with Crippen LogP contribution in [0.5, 0.6) is 0 Å². The number of nitrogens with zero attached hydrogens (tertiary/aromatic N) is 2. The van der Waals surface area contributed by atoms with E-state index in [-0.39, 0.29) is 0 Å². The first-order valence-electron chi connectivity index (χ1n) is 15.8. The third kappa shape index (κ3) is 4.12. The number of para-hydroxylation sites is 2. The average molecular weight is 587 g/mol. The van der Waals surface area contributed by atoms with Gasteiger partial charge in [-0.15, -0.1) is 0 Å². The number of aromatic nitrogens is 1. The van der Waals surface area contributed by atoms with Crippen molar-refractivity contribution in [2.45, 2.75) is 0 Å². The summed E-state index contributed by atoms with van der Waals surface area (Å²) in [4.78, 5) is 2.47. The van der Waals surface area contributed by atoms with Crippen LogP contribution in [0.15, 0.2) is 182 Å². The average Bonchev–Trinajstić information content (AvgIpc) is 3.48. The summed E-state index contributed by atoms with van der Waals surface area (Å²) >= 11 is 0. The quantitative estimate of drug-likeness (QED) is 0.182. The minimum absolute atomic E-state index is 1.12. The van der Waals surface area contributed by atoms with Crippen molar-refractivity contribution in [3.05, 3.63) is 182 Å². The van der Waals surface area contributed by atoms with Gasteiger partial charge in [0.2, 0.25) is 0 Å². The molecular weight excluding hydrogens is 556 g/mol. The van der Waals surface area contributed by atoms with E-state index < -0.39 is 0 Å². The first-order valence-corrected chi connectivity index (χ1v) is 15.8. The third-order valence-corrected chi connectivity index (χ3v) is 9.14. The molecule has 9 rings (SSSR count). The first-order chi connectivity index (χ1) is 22.9. The van der Waals surface area contributed by atoms with Gasteiger partial charge >= 0.3 is 0 Å². The lowest BCUT2D eigenvalue weighted by Crippen LogP contribution is -2.11. The molecule has 0 saturated heterocycles. The Morgan fingerprint density at radius 1 is 0.391 bits per heavy atom. The molecule has 0 aliphatic carbocycles. The van der Waals surface area contributed by atoms with Crippen molar-refractivity contribution in [3.63, 3.8) is 0 Å². The second kappa shape index (κ2) is 10.8. The van der Waals surface area contributed by atoms with Crippen LogP contribution >= 0.6 is 0 Å². The van der Waals surface area contributed by atoms with Gasteiger partial charge < -0.3 is 9.47 Å². The van der Waals surface area contributed by atoms with Gasteiger partial charge in [0, 0.05) is 27.5 Å². The van der Waals surface area contributed by atoms with Gasteiger partial charge in [0.05, 0.1) is 22.4 Å². The normalized spacial score (nSPS) is 11.5. The number of rotatable bonds is 5. The van der Waals surface area contributed by atoms with Gasteiger partial charge in [-0.2, -0.15) is 0 Å². The molecule has 0 spiro atoms. The van der Waals surface area contributed by atoms with Crippen molar-refractivity contribution in [3.8, 4) is 16.8 Å². The number of fused-ring (bicyclic) bond motifs is 6. The molecule has 0 amide bonds. The van der Waals surface area contributed by atoms with E-state index in [4.69, 9.17) is 0 Å². The van der Waals surface area contributed by atoms with Crippen LogP contribution in [0.3, 0.4) is 0 Å². The van der Waals surface area contributed by atoms with Crippen LogP contribution in [0.25, 0.3) is 60.2 Å². The van der Waals surface area contributed by atoms with Crippen molar-refractivity contribution < 1.29 is 0 Å². The minimum atomic E-state index is 1.12. The molecule has 0 bridgehead atoms. The second-order valence-electron chi connectivity index (χ2n) is 11.7. The molecule has 0 N–H and O–H groups in total. The number of hydrogen-bond donors (Lipinski definition) is 0. The molecule has 1 heterocycles. The highest BCUT2D eigenvalue weighted by atomic mass is 15.1. The number of hydrogen-bond acceptors (Lipinski definition) is 1. The summed E-state index contributed by atoms with van der Waals surface area (Å²) in [5, 5.41) is 7.43. The molecule has 0 aliphatic heterocycles. The molecule has 0 atom stereocenters. The van der Waals surface area contributed by atoms with Crippen LogP contribution in [-0.4, -0.2) is 4.57 Å². The topological polar surface area (TPSA) is 8.17 Å². The Morgan fingerprint density at radius 2 is 0.978 bits per heavy atom. The predicted octanol–water partition coefficient (Wildman–Crippen LogP) is 12.2. The summed E-state index contributed by atoms with van der Waals surface area (Å²) in [6, 6.07) is 65.7. The van der Waals surface area contributed by atoms with Gasteiger partial charge in [0.15, 0.2) is 0 Å². The van der Waals surface area contributed by atoms with E-state index in [0.29, 0.717) is 0 Å². The van der Waals surface area contributed by atoms with Crippen molar-refractivity contribution in [2.75, 3.05) is 4.90 Å². The lowest BCUT2D eigenvalue weighted by atomic mass is 9.97. The molecule has 216 valence electrons. The van der Waals surface area contributed by atoms with Gasteiger partial charge in [-0.25, -0.2) is 0 Å². The number of benzene rings is 8. The maximum absolute atomic E-state index is 2.47. The Morgan fingerprint density at radius 3 is 1.74 bits per heavy atom. The van der Waals surface area contributed by atoms with E-state index >= 15 is 0 Å². The standard InChI is InChI=1S/C44H30N2/c1-4-16-31(17-5-1)36-26-14-27-39-43(36)44-40(45(39)33-19-6-2-7-20-33)28-15-29-41(44)46(34-21-8-3-9-22-34)42-30-32-18-10-11-23-35(32)37-24-12-13-25-38(37)42/h1-30H. The predicted molar refractivity (Wildman–Crippen MR) is 196 cm³/mol. The molecule has 8 aromatic carbocycles. The highest BCUT2D eigenvalue weighted by Gasteiger charge is 2.24. The Bertz CT molecular complexity index is 2510. The Kier molecular flexibility index (Phi) is 6.17. The molecule has 1 aromatic heterocycles. The molecule has 9 aromatic rings. The van der Waals surface area contributed by atoms with Crippen LogP contribution < -0.4 is 4.90 Å². The van der Waals surface area contributed by atoms with Crippen LogP contribution in [0.4, 0.5) is 17.1 Å². The summed E-state index contributed by atoms with van der Waals surface area (Å²) < 4.78 is 2.42. The fourth-order valence-corrected chi connectivity index (χ4v) is 7.19. The van der Waals surface area contributed by atoms with E-state index in [9.17, 15) is 0 Å². The minimum Gasteiger partial charge on any atom is -0.309 e. The summed E-state index contributed by atoms with van der Waals surface area (Å²) in [7, 11) is 0. The lowest BCUT2D eigenvalue weighted by molar-refractivity contribution is 1.18. The zero-order valence-corrected chi connectivity index (χ0v) is 25.2. The highest BCUT2D eigenvalue weighted by molar-refractivity contribution is 6.23. The molecule has 0 radical (unpaired) electrons. The maximum atomic E-state index is 2.47. The van der Waals surface area contributed by atoms with E-state index in [1.807, 2.05) is 0 Å². The maximum Gasteiger partial charge on any atom is 0.0562 e. The second-order valence-corrected chi connectivity index (χ2v) is 11.7. The fourth-order valence-electron chi connectivity index (χ4n) is 7.19. The summed E-state index contributed by atoms with van der Waals surface area (Å²) in [5.74, 6) is 0. The van der Waals surface area contributed by atoms with Crippen LogP contribution in [0.2, 0.25) is 0 Å². The van der Waals surface area contributed by atoms with E-state index in [0.717, 1.165) is 22.7 Å². The zero-order chi connectivity index (χ0) is 30.5. The molecule has 2 nitrogen and oxygen atoms in total. The smallest absolute Gasteiger partial charge is 0.0562 e. The van der Waals surface area contributed by atoms with Gasteiger partial charge in [-0.05, 0) is 75.8 Å². The van der Waals surface area contributed by atoms with Crippen LogP contribution in [0, 0.1) is 0 Å². The molecule has 0 unspecified atom stereocenters. The summed E-state index contributed by atoms with van der Waals surface area (Å²) in [5.41, 5.74) is 9.36. The van der Waals surface area contributed by atoms with Crippen molar-refractivity contribution in [1.29, 1.82) is 0 Å². The van der Waals surface area contributed by atoms with Crippen molar-refractivity contribution in [2.24, 2.45) is 0 Å². The van der Waals surface area contributed by atoms with Crippen molar-refractivity contribution in [1.82, 2.24) is 4.57 Å². The van der Waals surface area contributed by atoms with Gasteiger partial charge in [0.1, 0.15) is 0 Å². The monoisotopic (exact) mass is 586 g/mol. The van der Waals surface area contributed by atoms with E-state index in [1.165, 1.54) is 54.5 Å². The van der Waals surface area contributed by atoms with Crippen LogP contribution in [0.1, 0.15) is 0 Å². The molecule has 0 fully saturated rings. The highest BCUT2D eigenvalue weighted by Crippen LogP contribution is 2.48. The Hall–Kier alpha value is -6.12. The van der Waals surface area contributed by atoms with Gasteiger partial charge in [-0.3, -0.25) is 0 Å². The fraction of sp³-hybridized carbons (Fsp3) is 0. The summed E-state index contributed by atoms with van der Waals surface area (Å²) in [6.07, 6.45) is 0. The van der Waals surface area contributed by atoms with Crippen LogP contribution in [-0.2, 0) is 0 Å². The van der Waals surface area contributed by atoms with E-state index in [2.05, 4.69) is 191 Å². The Balaban J connectivity index is 1.46. The molecular formula is C44H30N2. The zero-order valence-electron chi connectivity index (χ0n) is 25.2. The molecule has 0 saturated carbocycles.